The van der Waals surface area contributed by atoms with Crippen LogP contribution in [-0.2, 0) is 0 Å². The van der Waals surface area contributed by atoms with E-state index in [-0.39, 0.29) is 18.5 Å². The third-order valence-corrected chi connectivity index (χ3v) is 3.61. The summed E-state index contributed by atoms with van der Waals surface area (Å²) in [5, 5.41) is 17.0. The highest BCUT2D eigenvalue weighted by molar-refractivity contribution is 5.61. The zero-order chi connectivity index (χ0) is 15.5. The molecule has 3 rings (SSSR count). The second kappa shape index (κ2) is 6.11. The topological polar surface area (TPSA) is 63.7 Å². The third kappa shape index (κ3) is 2.78. The van der Waals surface area contributed by atoms with Crippen molar-refractivity contribution in [3.63, 3.8) is 0 Å². The molecule has 0 spiro atoms. The highest BCUT2D eigenvalue weighted by atomic mass is 19.1. The normalized spacial score (nSPS) is 12.5. The Labute approximate surface area is 127 Å². The van der Waals surface area contributed by atoms with Gasteiger partial charge in [-0.2, -0.15) is 0 Å². The van der Waals surface area contributed by atoms with Crippen molar-refractivity contribution in [3.8, 4) is 11.3 Å². The smallest absolute Gasteiger partial charge is 0.305 e. The number of nitrogens with zero attached hydrogens (tertiary/aromatic N) is 2. The lowest BCUT2D eigenvalue weighted by molar-refractivity contribution is -0.343. The Morgan fingerprint density at radius 1 is 1.36 bits per heavy atom. The SMILES string of the molecule is CCC(CO)Nc1ccc2[nH+]cc(-c3cccc(F)c3)n2n1. The molecule has 6 heteroatoms. The van der Waals surface area contributed by atoms with Gasteiger partial charge in [-0.3, -0.25) is 0 Å². The Morgan fingerprint density at radius 2 is 2.23 bits per heavy atom. The first-order valence-corrected chi connectivity index (χ1v) is 7.25. The van der Waals surface area contributed by atoms with Crippen LogP contribution in [0.15, 0.2) is 42.6 Å². The Kier molecular flexibility index (Phi) is 4.02. The highest BCUT2D eigenvalue weighted by Crippen LogP contribution is 2.20. The van der Waals surface area contributed by atoms with Crippen LogP contribution in [-0.4, -0.2) is 27.4 Å². The number of aliphatic hydroxyl groups excluding tert-OH is 1. The molecule has 0 saturated carbocycles. The molecule has 22 heavy (non-hydrogen) atoms. The molecule has 3 N–H and O–H groups in total. The molecule has 0 fully saturated rings. The molecule has 1 aromatic carbocycles. The van der Waals surface area contributed by atoms with Crippen LogP contribution in [0.2, 0.25) is 0 Å². The quantitative estimate of drug-likeness (QED) is 0.759. The fourth-order valence-electron chi connectivity index (χ4n) is 2.34. The van der Waals surface area contributed by atoms with Crippen LogP contribution in [0.25, 0.3) is 16.9 Å². The molecule has 5 nitrogen and oxygen atoms in total. The van der Waals surface area contributed by atoms with Gasteiger partial charge in [0, 0.05) is 11.6 Å². The maximum Gasteiger partial charge on any atom is 0.305 e. The number of anilines is 1. The number of rotatable bonds is 5. The number of hydrogen-bond donors (Lipinski definition) is 2. The number of H-pyrrole nitrogens is 1. The largest absolute Gasteiger partial charge is 0.394 e. The van der Waals surface area contributed by atoms with Crippen molar-refractivity contribution < 1.29 is 14.5 Å². The molecule has 0 saturated heterocycles. The Morgan fingerprint density at radius 3 is 2.95 bits per heavy atom. The predicted molar refractivity (Wildman–Crippen MR) is 81.9 cm³/mol. The molecular formula is C16H18FN4O+. The van der Waals surface area contributed by atoms with Crippen LogP contribution in [0.3, 0.4) is 0 Å². The maximum atomic E-state index is 13.4. The molecule has 1 unspecified atom stereocenters. The van der Waals surface area contributed by atoms with Gasteiger partial charge in [0.05, 0.1) is 12.6 Å². The number of imidazole rings is 1. The number of hydrogen-bond acceptors (Lipinski definition) is 3. The van der Waals surface area contributed by atoms with Gasteiger partial charge in [0.2, 0.25) is 5.69 Å². The third-order valence-electron chi connectivity index (χ3n) is 3.61. The summed E-state index contributed by atoms with van der Waals surface area (Å²) in [4.78, 5) is 3.12. The summed E-state index contributed by atoms with van der Waals surface area (Å²) in [6.45, 7) is 2.04. The monoisotopic (exact) mass is 301 g/mol. The van der Waals surface area contributed by atoms with Gasteiger partial charge >= 0.3 is 5.65 Å². The maximum absolute atomic E-state index is 13.4. The van der Waals surface area contributed by atoms with Crippen molar-refractivity contribution in [2.75, 3.05) is 11.9 Å². The van der Waals surface area contributed by atoms with Crippen molar-refractivity contribution >= 4 is 11.5 Å². The van der Waals surface area contributed by atoms with Gasteiger partial charge in [-0.15, -0.1) is 0 Å². The average Bonchev–Trinajstić information content (AvgIpc) is 2.95. The number of fused-ring (bicyclic) bond motifs is 1. The van der Waals surface area contributed by atoms with E-state index in [0.29, 0.717) is 5.82 Å². The van der Waals surface area contributed by atoms with Crippen molar-refractivity contribution in [2.24, 2.45) is 0 Å². The summed E-state index contributed by atoms with van der Waals surface area (Å²) in [5.41, 5.74) is 2.33. The van der Waals surface area contributed by atoms with Crippen LogP contribution in [0, 0.1) is 5.82 Å². The molecule has 0 radical (unpaired) electrons. The molecule has 114 valence electrons. The minimum absolute atomic E-state index is 0.0397. The Bertz CT molecular complexity index is 783. The van der Waals surface area contributed by atoms with Gasteiger partial charge in [0.15, 0.2) is 5.82 Å². The lowest BCUT2D eigenvalue weighted by Gasteiger charge is -2.13. The van der Waals surface area contributed by atoms with E-state index in [1.807, 2.05) is 25.1 Å². The number of halogens is 1. The van der Waals surface area contributed by atoms with Gasteiger partial charge in [0.1, 0.15) is 12.0 Å². The predicted octanol–water partition coefficient (Wildman–Crippen LogP) is 2.14. The van der Waals surface area contributed by atoms with Gasteiger partial charge in [-0.05, 0) is 24.6 Å². The molecular weight excluding hydrogens is 283 g/mol. The summed E-state index contributed by atoms with van der Waals surface area (Å²) in [6.07, 6.45) is 2.59. The summed E-state index contributed by atoms with van der Waals surface area (Å²) >= 11 is 0. The van der Waals surface area contributed by atoms with E-state index in [1.54, 1.807) is 16.8 Å². The van der Waals surface area contributed by atoms with Crippen LogP contribution in [0.5, 0.6) is 0 Å². The first-order chi connectivity index (χ1) is 10.7. The van der Waals surface area contributed by atoms with Crippen LogP contribution < -0.4 is 10.3 Å². The van der Waals surface area contributed by atoms with Crippen molar-refractivity contribution in [1.29, 1.82) is 0 Å². The molecule has 3 aromatic rings. The van der Waals surface area contributed by atoms with Gasteiger partial charge in [0.25, 0.3) is 0 Å². The van der Waals surface area contributed by atoms with E-state index in [0.717, 1.165) is 23.3 Å². The zero-order valence-corrected chi connectivity index (χ0v) is 12.3. The zero-order valence-electron chi connectivity index (χ0n) is 12.3. The summed E-state index contributed by atoms with van der Waals surface area (Å²) in [5.74, 6) is 0.378. The molecule has 0 bridgehead atoms. The molecule has 0 aliphatic heterocycles. The van der Waals surface area contributed by atoms with E-state index >= 15 is 0 Å². The second-order valence-corrected chi connectivity index (χ2v) is 5.13. The first kappa shape index (κ1) is 14.5. The van der Waals surface area contributed by atoms with Crippen molar-refractivity contribution in [2.45, 2.75) is 19.4 Å². The summed E-state index contributed by atoms with van der Waals surface area (Å²) in [7, 11) is 0. The fourth-order valence-corrected chi connectivity index (χ4v) is 2.34. The van der Waals surface area contributed by atoms with E-state index in [4.69, 9.17) is 0 Å². The molecule has 2 heterocycles. The van der Waals surface area contributed by atoms with E-state index in [1.165, 1.54) is 12.1 Å². The molecule has 2 aromatic heterocycles. The van der Waals surface area contributed by atoms with E-state index in [2.05, 4.69) is 15.4 Å². The van der Waals surface area contributed by atoms with Gasteiger partial charge in [-0.25, -0.2) is 9.37 Å². The lowest BCUT2D eigenvalue weighted by Crippen LogP contribution is -2.23. The van der Waals surface area contributed by atoms with Crippen LogP contribution in [0.4, 0.5) is 10.2 Å². The Balaban J connectivity index is 2.02. The van der Waals surface area contributed by atoms with Gasteiger partial charge in [-0.1, -0.05) is 28.7 Å². The fraction of sp³-hybridized carbons (Fsp3) is 0.250. The average molecular weight is 301 g/mol. The van der Waals surface area contributed by atoms with Crippen LogP contribution >= 0.6 is 0 Å². The summed E-state index contributed by atoms with van der Waals surface area (Å²) < 4.78 is 15.1. The summed E-state index contributed by atoms with van der Waals surface area (Å²) in [6, 6.07) is 10.1. The van der Waals surface area contributed by atoms with E-state index in [9.17, 15) is 9.50 Å². The molecule has 0 aliphatic carbocycles. The highest BCUT2D eigenvalue weighted by Gasteiger charge is 2.16. The number of benzene rings is 1. The van der Waals surface area contributed by atoms with Crippen LogP contribution in [0.1, 0.15) is 13.3 Å². The van der Waals surface area contributed by atoms with Crippen molar-refractivity contribution in [1.82, 2.24) is 9.61 Å². The van der Waals surface area contributed by atoms with E-state index < -0.39 is 0 Å². The second-order valence-electron chi connectivity index (χ2n) is 5.13. The number of nitrogens with one attached hydrogen (secondary N) is 2. The standard InChI is InChI=1S/C16H17FN4O/c1-2-13(10-22)19-15-6-7-16-18-9-14(21(16)20-15)11-4-3-5-12(17)8-11/h3-9,13,22H,2,10H2,1H3,(H,19,20)/p+1. The molecule has 1 atom stereocenters. The first-order valence-electron chi connectivity index (χ1n) is 7.25. The van der Waals surface area contributed by atoms with Gasteiger partial charge < -0.3 is 10.4 Å². The minimum Gasteiger partial charge on any atom is -0.394 e. The Hall–Kier alpha value is -2.47. The minimum atomic E-state index is -0.284. The molecule has 0 aliphatic rings. The number of aromatic amines is 1. The lowest BCUT2D eigenvalue weighted by atomic mass is 10.2. The van der Waals surface area contributed by atoms with Crippen molar-refractivity contribution in [3.05, 3.63) is 48.4 Å². The number of aromatic nitrogens is 3. The molecule has 0 amide bonds. The number of aliphatic hydroxyl groups is 1.